The SMILES string of the molecule is O=C(N/N=C\c1ccc(I)o1)[C@@H]1COc2cc3ccccc3cc2O1. The predicted molar refractivity (Wildman–Crippen MR) is 101 cm³/mol. The van der Waals surface area contributed by atoms with Crippen LogP contribution in [0.5, 0.6) is 11.5 Å². The van der Waals surface area contributed by atoms with E-state index in [0.29, 0.717) is 17.3 Å². The number of carbonyl (C=O) groups excluding carboxylic acids is 1. The Hall–Kier alpha value is -2.55. The number of halogens is 1. The minimum absolute atomic E-state index is 0.130. The molecule has 7 heteroatoms. The monoisotopic (exact) mass is 448 g/mol. The van der Waals surface area contributed by atoms with Gasteiger partial charge in [-0.05, 0) is 57.6 Å². The van der Waals surface area contributed by atoms with Crippen molar-refractivity contribution in [2.75, 3.05) is 6.61 Å². The van der Waals surface area contributed by atoms with Gasteiger partial charge in [0.15, 0.2) is 15.3 Å². The molecule has 0 spiro atoms. The third-order valence-electron chi connectivity index (χ3n) is 3.72. The molecule has 0 radical (unpaired) electrons. The van der Waals surface area contributed by atoms with Crippen molar-refractivity contribution in [2.24, 2.45) is 5.10 Å². The fraction of sp³-hybridized carbons (Fsp3) is 0.111. The van der Waals surface area contributed by atoms with Crippen molar-refractivity contribution < 1.29 is 18.7 Å². The van der Waals surface area contributed by atoms with E-state index in [4.69, 9.17) is 13.9 Å². The molecule has 3 aromatic rings. The largest absolute Gasteiger partial charge is 0.485 e. The number of rotatable bonds is 3. The Morgan fingerprint density at radius 2 is 1.92 bits per heavy atom. The number of furan rings is 1. The number of carbonyl (C=O) groups is 1. The van der Waals surface area contributed by atoms with Crippen LogP contribution in [0, 0.1) is 3.77 Å². The minimum atomic E-state index is -0.762. The smallest absolute Gasteiger partial charge is 0.284 e. The molecule has 0 unspecified atom stereocenters. The first-order valence-corrected chi connectivity index (χ1v) is 8.67. The lowest BCUT2D eigenvalue weighted by Crippen LogP contribution is -2.42. The second kappa shape index (κ2) is 6.75. The van der Waals surface area contributed by atoms with Gasteiger partial charge >= 0.3 is 0 Å². The number of fused-ring (bicyclic) bond motifs is 2. The van der Waals surface area contributed by atoms with Crippen molar-refractivity contribution in [3.63, 3.8) is 0 Å². The van der Waals surface area contributed by atoms with E-state index in [2.05, 4.69) is 33.1 Å². The Morgan fingerprint density at radius 3 is 2.64 bits per heavy atom. The molecule has 2 heterocycles. The molecule has 0 saturated heterocycles. The van der Waals surface area contributed by atoms with Gasteiger partial charge in [-0.3, -0.25) is 4.79 Å². The van der Waals surface area contributed by atoms with Crippen LogP contribution in [0.2, 0.25) is 0 Å². The van der Waals surface area contributed by atoms with Gasteiger partial charge in [0, 0.05) is 0 Å². The van der Waals surface area contributed by atoms with E-state index in [9.17, 15) is 4.79 Å². The maximum Gasteiger partial charge on any atom is 0.284 e. The highest BCUT2D eigenvalue weighted by Gasteiger charge is 2.27. The summed E-state index contributed by atoms with van der Waals surface area (Å²) in [6, 6.07) is 15.3. The Balaban J connectivity index is 1.45. The molecule has 1 aliphatic heterocycles. The van der Waals surface area contributed by atoms with Crippen molar-refractivity contribution in [2.45, 2.75) is 6.10 Å². The standard InChI is InChI=1S/C18H13IN2O4/c19-17-6-5-13(24-17)9-20-21-18(22)16-10-23-14-7-11-3-1-2-4-12(11)8-15(14)25-16/h1-9,16H,10H2,(H,21,22)/b20-9-/t16-/m0/s1. The van der Waals surface area contributed by atoms with Gasteiger partial charge in [-0.15, -0.1) is 0 Å². The fourth-order valence-electron chi connectivity index (χ4n) is 2.51. The molecule has 1 aromatic heterocycles. The van der Waals surface area contributed by atoms with Gasteiger partial charge in [-0.25, -0.2) is 5.43 Å². The third-order valence-corrected chi connectivity index (χ3v) is 4.30. The maximum atomic E-state index is 12.2. The topological polar surface area (TPSA) is 73.1 Å². The van der Waals surface area contributed by atoms with Gasteiger partial charge < -0.3 is 13.9 Å². The molecule has 0 aliphatic carbocycles. The maximum absolute atomic E-state index is 12.2. The zero-order chi connectivity index (χ0) is 17.2. The minimum Gasteiger partial charge on any atom is -0.485 e. The van der Waals surface area contributed by atoms with Crippen LogP contribution in [0.25, 0.3) is 10.8 Å². The lowest BCUT2D eigenvalue weighted by atomic mass is 10.1. The Kier molecular flexibility index (Phi) is 4.31. The van der Waals surface area contributed by atoms with Crippen LogP contribution in [0.15, 0.2) is 58.0 Å². The van der Waals surface area contributed by atoms with Crippen LogP contribution in [-0.2, 0) is 4.79 Å². The zero-order valence-corrected chi connectivity index (χ0v) is 15.1. The average Bonchev–Trinajstić information content (AvgIpc) is 3.04. The molecule has 1 amide bonds. The number of amides is 1. The molecule has 2 aromatic carbocycles. The first-order valence-electron chi connectivity index (χ1n) is 7.59. The number of hydrogen-bond acceptors (Lipinski definition) is 5. The first kappa shape index (κ1) is 15.9. The molecule has 0 bridgehead atoms. The number of nitrogens with one attached hydrogen (secondary N) is 1. The Labute approximate surface area is 156 Å². The number of nitrogens with zero attached hydrogens (tertiary/aromatic N) is 1. The summed E-state index contributed by atoms with van der Waals surface area (Å²) in [7, 11) is 0. The van der Waals surface area contributed by atoms with Crippen LogP contribution in [0.3, 0.4) is 0 Å². The Bertz CT molecular complexity index is 967. The van der Waals surface area contributed by atoms with Crippen molar-refractivity contribution in [3.8, 4) is 11.5 Å². The highest BCUT2D eigenvalue weighted by Crippen LogP contribution is 2.35. The lowest BCUT2D eigenvalue weighted by molar-refractivity contribution is -0.130. The molecule has 1 atom stereocenters. The molecule has 1 N–H and O–H groups in total. The number of ether oxygens (including phenoxy) is 2. The quantitative estimate of drug-likeness (QED) is 0.379. The van der Waals surface area contributed by atoms with E-state index in [-0.39, 0.29) is 12.5 Å². The van der Waals surface area contributed by atoms with Gasteiger partial charge in [-0.1, -0.05) is 24.3 Å². The number of benzene rings is 2. The Morgan fingerprint density at radius 1 is 1.16 bits per heavy atom. The van der Waals surface area contributed by atoms with E-state index in [1.165, 1.54) is 6.21 Å². The van der Waals surface area contributed by atoms with Crippen LogP contribution in [0.1, 0.15) is 5.76 Å². The molecule has 126 valence electrons. The molecule has 1 aliphatic rings. The van der Waals surface area contributed by atoms with Gasteiger partial charge in [0.2, 0.25) is 6.10 Å². The molecule has 4 rings (SSSR count). The van der Waals surface area contributed by atoms with Crippen LogP contribution in [-0.4, -0.2) is 24.8 Å². The normalized spacial score (nSPS) is 16.3. The molecule has 25 heavy (non-hydrogen) atoms. The molecular weight excluding hydrogens is 435 g/mol. The number of hydrazone groups is 1. The summed E-state index contributed by atoms with van der Waals surface area (Å²) in [5.41, 5.74) is 2.44. The van der Waals surface area contributed by atoms with Crippen molar-refractivity contribution in [3.05, 3.63) is 58.1 Å². The molecule has 0 saturated carbocycles. The van der Waals surface area contributed by atoms with E-state index < -0.39 is 6.10 Å². The van der Waals surface area contributed by atoms with E-state index in [1.807, 2.05) is 42.5 Å². The van der Waals surface area contributed by atoms with Crippen LogP contribution in [0.4, 0.5) is 0 Å². The lowest BCUT2D eigenvalue weighted by Gasteiger charge is -2.25. The van der Waals surface area contributed by atoms with Crippen molar-refractivity contribution in [1.29, 1.82) is 0 Å². The van der Waals surface area contributed by atoms with Gasteiger partial charge in [0.1, 0.15) is 12.4 Å². The van der Waals surface area contributed by atoms with Gasteiger partial charge in [0.25, 0.3) is 5.91 Å². The highest BCUT2D eigenvalue weighted by atomic mass is 127. The summed E-state index contributed by atoms with van der Waals surface area (Å²) < 4.78 is 17.5. The van der Waals surface area contributed by atoms with E-state index in [1.54, 1.807) is 6.07 Å². The summed E-state index contributed by atoms with van der Waals surface area (Å²) in [5, 5.41) is 5.96. The van der Waals surface area contributed by atoms with Crippen LogP contribution < -0.4 is 14.9 Å². The fourth-order valence-corrected chi connectivity index (χ4v) is 2.95. The summed E-state index contributed by atoms with van der Waals surface area (Å²) in [4.78, 5) is 12.2. The highest BCUT2D eigenvalue weighted by molar-refractivity contribution is 14.1. The summed E-state index contributed by atoms with van der Waals surface area (Å²) >= 11 is 2.05. The second-order valence-corrected chi connectivity index (χ2v) is 6.50. The molecule has 6 nitrogen and oxygen atoms in total. The number of hydrogen-bond donors (Lipinski definition) is 1. The molecular formula is C18H13IN2O4. The predicted octanol–water partition coefficient (Wildman–Crippen LogP) is 3.33. The summed E-state index contributed by atoms with van der Waals surface area (Å²) in [5.74, 6) is 1.37. The van der Waals surface area contributed by atoms with Crippen molar-refractivity contribution in [1.82, 2.24) is 5.43 Å². The average molecular weight is 448 g/mol. The van der Waals surface area contributed by atoms with Crippen molar-refractivity contribution >= 4 is 45.5 Å². The van der Waals surface area contributed by atoms with Gasteiger partial charge in [0.05, 0.1) is 6.21 Å². The van der Waals surface area contributed by atoms with Gasteiger partial charge in [-0.2, -0.15) is 5.10 Å². The molecule has 0 fully saturated rings. The summed E-state index contributed by atoms with van der Waals surface area (Å²) in [6.45, 7) is 0.130. The first-order chi connectivity index (χ1) is 12.2. The van der Waals surface area contributed by atoms with Crippen LogP contribution >= 0.6 is 22.6 Å². The summed E-state index contributed by atoms with van der Waals surface area (Å²) in [6.07, 6.45) is 0.674. The third kappa shape index (κ3) is 3.46. The van der Waals surface area contributed by atoms with E-state index in [0.717, 1.165) is 14.5 Å². The van der Waals surface area contributed by atoms with E-state index >= 15 is 0 Å². The second-order valence-electron chi connectivity index (χ2n) is 5.44. The zero-order valence-electron chi connectivity index (χ0n) is 12.9.